The van der Waals surface area contributed by atoms with Crippen molar-refractivity contribution in [3.05, 3.63) is 64.2 Å². The summed E-state index contributed by atoms with van der Waals surface area (Å²) in [5, 5.41) is 3.22. The summed E-state index contributed by atoms with van der Waals surface area (Å²) < 4.78 is 26.3. The van der Waals surface area contributed by atoms with Gasteiger partial charge in [-0.1, -0.05) is 35.5 Å². The van der Waals surface area contributed by atoms with E-state index in [0.29, 0.717) is 27.7 Å². The molecule has 0 aliphatic rings. The smallest absolute Gasteiger partial charge is 0.288 e. The number of anilines is 1. The lowest BCUT2D eigenvalue weighted by Gasteiger charge is -2.11. The predicted octanol–water partition coefficient (Wildman–Crippen LogP) is 4.00. The van der Waals surface area contributed by atoms with Gasteiger partial charge in [0.25, 0.3) is 11.3 Å². The van der Waals surface area contributed by atoms with Gasteiger partial charge in [0.1, 0.15) is 6.54 Å². The van der Waals surface area contributed by atoms with Crippen molar-refractivity contribution in [3.63, 3.8) is 0 Å². The van der Waals surface area contributed by atoms with Gasteiger partial charge >= 0.3 is 0 Å². The number of aromatic nitrogens is 2. The van der Waals surface area contributed by atoms with Gasteiger partial charge in [0.15, 0.2) is 0 Å². The first-order valence-electron chi connectivity index (χ1n) is 7.42. The number of fused-ring (bicyclic) bond motifs is 1. The summed E-state index contributed by atoms with van der Waals surface area (Å²) in [6.45, 7) is -0.304. The molecule has 26 heavy (non-hydrogen) atoms. The van der Waals surface area contributed by atoms with Gasteiger partial charge in [-0.05, 0) is 30.3 Å². The van der Waals surface area contributed by atoms with Crippen molar-refractivity contribution < 1.29 is 13.6 Å². The quantitative estimate of drug-likeness (QED) is 0.663. The lowest BCUT2D eigenvalue weighted by Crippen LogP contribution is -2.28. The number of carbonyl (C=O) groups is 1. The molecule has 0 spiro atoms. The van der Waals surface area contributed by atoms with Crippen LogP contribution in [0.15, 0.2) is 58.5 Å². The van der Waals surface area contributed by atoms with E-state index in [9.17, 15) is 18.4 Å². The molecule has 0 aliphatic carbocycles. The topological polar surface area (TPSA) is 64.0 Å². The van der Waals surface area contributed by atoms with Crippen molar-refractivity contribution in [2.24, 2.45) is 0 Å². The molecule has 0 saturated heterocycles. The Morgan fingerprint density at radius 2 is 2.04 bits per heavy atom. The van der Waals surface area contributed by atoms with Gasteiger partial charge in [-0.15, -0.1) is 0 Å². The number of thioether (sulfide) groups is 1. The molecule has 3 aromatic rings. The van der Waals surface area contributed by atoms with Crippen molar-refractivity contribution in [3.8, 4) is 0 Å². The Labute approximate surface area is 156 Å². The fourth-order valence-electron chi connectivity index (χ4n) is 2.36. The number of hydrogen-bond donors (Lipinski definition) is 1. The molecule has 3 rings (SSSR count). The number of nitrogens with one attached hydrogen (secondary N) is 1. The minimum Gasteiger partial charge on any atom is -0.324 e. The lowest BCUT2D eigenvalue weighted by molar-refractivity contribution is -0.116. The molecule has 0 bridgehead atoms. The van der Waals surface area contributed by atoms with Crippen LogP contribution < -0.4 is 10.9 Å². The van der Waals surface area contributed by atoms with Crippen LogP contribution in [0.2, 0.25) is 5.02 Å². The molecule has 5 nitrogen and oxygen atoms in total. The molecule has 0 atom stereocenters. The zero-order valence-corrected chi connectivity index (χ0v) is 14.7. The van der Waals surface area contributed by atoms with Crippen LogP contribution in [0.4, 0.5) is 14.5 Å². The average molecular weight is 396 g/mol. The number of benzene rings is 2. The number of para-hydroxylation sites is 1. The van der Waals surface area contributed by atoms with E-state index in [1.807, 2.05) is 0 Å². The molecule has 9 heteroatoms. The first-order chi connectivity index (χ1) is 12.4. The van der Waals surface area contributed by atoms with Crippen LogP contribution in [0, 0.1) is 0 Å². The van der Waals surface area contributed by atoms with Crippen LogP contribution in [0.5, 0.6) is 0 Å². The number of amides is 1. The Kier molecular flexibility index (Phi) is 5.53. The molecule has 1 amide bonds. The summed E-state index contributed by atoms with van der Waals surface area (Å²) in [5.74, 6) is -3.14. The number of carbonyl (C=O) groups excluding carboxylic acids is 1. The van der Waals surface area contributed by atoms with Crippen molar-refractivity contribution in [2.75, 3.05) is 5.32 Å². The van der Waals surface area contributed by atoms with Crippen LogP contribution in [-0.4, -0.2) is 21.2 Å². The maximum Gasteiger partial charge on any atom is 0.288 e. The zero-order valence-electron chi connectivity index (χ0n) is 13.2. The van der Waals surface area contributed by atoms with Gasteiger partial charge in [0, 0.05) is 9.92 Å². The van der Waals surface area contributed by atoms with Gasteiger partial charge in [-0.3, -0.25) is 14.2 Å². The number of rotatable bonds is 5. The fourth-order valence-corrected chi connectivity index (χ4v) is 3.12. The molecule has 1 N–H and O–H groups in total. The van der Waals surface area contributed by atoms with Gasteiger partial charge in [0.2, 0.25) is 5.91 Å². The summed E-state index contributed by atoms with van der Waals surface area (Å²) in [6, 6.07) is 10.9. The summed E-state index contributed by atoms with van der Waals surface area (Å²) in [5.41, 5.74) is 0.310. The molecule has 0 saturated carbocycles. The van der Waals surface area contributed by atoms with E-state index < -0.39 is 17.2 Å². The minimum absolute atomic E-state index is 0.242. The van der Waals surface area contributed by atoms with Crippen molar-refractivity contribution in [1.82, 2.24) is 9.55 Å². The number of halogens is 3. The van der Waals surface area contributed by atoms with E-state index in [1.54, 1.807) is 24.3 Å². The van der Waals surface area contributed by atoms with Gasteiger partial charge in [-0.2, -0.15) is 8.78 Å². The lowest BCUT2D eigenvalue weighted by atomic mass is 10.2. The molecule has 0 aliphatic heterocycles. The molecule has 1 heterocycles. The highest BCUT2D eigenvalue weighted by molar-refractivity contribution is 7.99. The Bertz CT molecular complexity index is 1030. The fraction of sp³-hybridized carbons (Fsp3) is 0.118. The van der Waals surface area contributed by atoms with E-state index >= 15 is 0 Å². The molecular weight excluding hydrogens is 384 g/mol. The highest BCUT2D eigenvalue weighted by Crippen LogP contribution is 2.31. The van der Waals surface area contributed by atoms with Gasteiger partial charge in [0.05, 0.1) is 22.9 Å². The van der Waals surface area contributed by atoms with Crippen molar-refractivity contribution in [2.45, 2.75) is 17.2 Å². The van der Waals surface area contributed by atoms with Crippen LogP contribution in [0.1, 0.15) is 0 Å². The Morgan fingerprint density at radius 3 is 2.81 bits per heavy atom. The van der Waals surface area contributed by atoms with Crippen LogP contribution in [0.3, 0.4) is 0 Å². The van der Waals surface area contributed by atoms with Crippen LogP contribution >= 0.6 is 23.4 Å². The molecule has 1 aromatic heterocycles. The van der Waals surface area contributed by atoms with Crippen molar-refractivity contribution >= 4 is 45.9 Å². The highest BCUT2D eigenvalue weighted by atomic mass is 35.5. The SMILES string of the molecule is O=C(Cn1cnc2ccc(Cl)cc2c1=O)Nc1ccccc1SC(F)F. The third-order valence-corrected chi connectivity index (χ3v) is 4.50. The molecule has 134 valence electrons. The first kappa shape index (κ1) is 18.3. The second-order valence-corrected chi connectivity index (χ2v) is 6.73. The van der Waals surface area contributed by atoms with Gasteiger partial charge < -0.3 is 5.32 Å². The summed E-state index contributed by atoms with van der Waals surface area (Å²) in [6.07, 6.45) is 1.26. The summed E-state index contributed by atoms with van der Waals surface area (Å²) >= 11 is 6.23. The first-order valence-corrected chi connectivity index (χ1v) is 8.68. The van der Waals surface area contributed by atoms with Gasteiger partial charge in [-0.25, -0.2) is 4.98 Å². The number of alkyl halides is 2. The monoisotopic (exact) mass is 395 g/mol. The average Bonchev–Trinajstić information content (AvgIpc) is 2.59. The maximum atomic E-state index is 12.6. The molecule has 0 radical (unpaired) electrons. The summed E-state index contributed by atoms with van der Waals surface area (Å²) in [7, 11) is 0. The highest BCUT2D eigenvalue weighted by Gasteiger charge is 2.13. The number of nitrogens with zero attached hydrogens (tertiary/aromatic N) is 2. The molecule has 2 aromatic carbocycles. The van der Waals surface area contributed by atoms with Crippen molar-refractivity contribution in [1.29, 1.82) is 0 Å². The Morgan fingerprint density at radius 1 is 1.27 bits per heavy atom. The van der Waals surface area contributed by atoms with E-state index in [4.69, 9.17) is 11.6 Å². The second-order valence-electron chi connectivity index (χ2n) is 5.26. The van der Waals surface area contributed by atoms with E-state index in [0.717, 1.165) is 4.57 Å². The standard InChI is InChI=1S/C17H12ClF2N3O2S/c18-10-5-6-12-11(7-10)16(25)23(9-21-12)8-15(24)22-13-3-1-2-4-14(13)26-17(19)20/h1-7,9,17H,8H2,(H,22,24). The molecule has 0 fully saturated rings. The predicted molar refractivity (Wildman–Crippen MR) is 97.9 cm³/mol. The maximum absolute atomic E-state index is 12.6. The van der Waals surface area contributed by atoms with E-state index in [-0.39, 0.29) is 17.1 Å². The van der Waals surface area contributed by atoms with E-state index in [2.05, 4.69) is 10.3 Å². The Balaban J connectivity index is 1.82. The minimum atomic E-state index is -2.61. The molecular formula is C17H12ClF2N3O2S. The zero-order chi connectivity index (χ0) is 18.7. The third kappa shape index (κ3) is 4.20. The summed E-state index contributed by atoms with van der Waals surface area (Å²) in [4.78, 5) is 29.1. The second kappa shape index (κ2) is 7.84. The van der Waals surface area contributed by atoms with Crippen LogP contribution in [-0.2, 0) is 11.3 Å². The van der Waals surface area contributed by atoms with Crippen LogP contribution in [0.25, 0.3) is 10.9 Å². The largest absolute Gasteiger partial charge is 0.324 e. The van der Waals surface area contributed by atoms with E-state index in [1.165, 1.54) is 24.5 Å². The molecule has 0 unspecified atom stereocenters. The normalized spacial score (nSPS) is 11.1. The third-order valence-electron chi connectivity index (χ3n) is 3.48. The Hall–Kier alpha value is -2.45. The number of hydrogen-bond acceptors (Lipinski definition) is 4.